The lowest BCUT2D eigenvalue weighted by Crippen LogP contribution is -2.66. The molecule has 2 saturated heterocycles. The standard InChI is InChI=1S/C68H134O11/c1-8-15-22-29-36-43-50-70-57-59-61(72-52-45-38-31-24-17-10-3)63(73-53-46-39-32-25-18-11-4)66(76-56-49-42-35-28-21-14-7)68(78-59)79-62-60(58-71-51-44-37-30-23-16-9-2)77-67(69)65(75-55-48-41-34-27-20-13-6)64(62)74-54-47-40-33-26-19-12-5/h59-69H,8-58H2,1-7H3/t59-,60-,61-,62-,63+,64+,65-,66-,67+,68-/m1/s1. The van der Waals surface area contributed by atoms with E-state index in [1.54, 1.807) is 0 Å². The molecule has 0 spiro atoms. The fraction of sp³-hybridized carbons (Fsp3) is 1.00. The molecule has 0 unspecified atom stereocenters. The normalized spacial score (nSPS) is 23.5. The number of unbranched alkanes of at least 4 members (excludes halogenated alkanes) is 35. The second-order valence-electron chi connectivity index (χ2n) is 23.9. The number of aliphatic hydroxyl groups excluding tert-OH is 1. The van der Waals surface area contributed by atoms with E-state index in [1.165, 1.54) is 180 Å². The highest BCUT2D eigenvalue weighted by Gasteiger charge is 2.54. The molecular formula is C68H134O11. The second kappa shape index (κ2) is 55.4. The van der Waals surface area contributed by atoms with Gasteiger partial charge in [0.1, 0.15) is 48.8 Å². The van der Waals surface area contributed by atoms with Crippen molar-refractivity contribution in [2.45, 2.75) is 380 Å². The van der Waals surface area contributed by atoms with Crippen LogP contribution in [0.2, 0.25) is 0 Å². The van der Waals surface area contributed by atoms with Gasteiger partial charge in [-0.25, -0.2) is 0 Å². The summed E-state index contributed by atoms with van der Waals surface area (Å²) in [6.07, 6.45) is 42.4. The van der Waals surface area contributed by atoms with Crippen molar-refractivity contribution >= 4 is 0 Å². The van der Waals surface area contributed by atoms with Gasteiger partial charge in [-0.15, -0.1) is 0 Å². The Bertz CT molecular complexity index is 1230. The molecule has 0 amide bonds. The lowest BCUT2D eigenvalue weighted by atomic mass is 9.95. The predicted octanol–water partition coefficient (Wildman–Crippen LogP) is 18.3. The van der Waals surface area contributed by atoms with Crippen LogP contribution in [0.1, 0.15) is 318 Å². The number of ether oxygens (including phenoxy) is 10. The second-order valence-corrected chi connectivity index (χ2v) is 23.9. The van der Waals surface area contributed by atoms with Crippen LogP contribution in [-0.4, -0.2) is 126 Å². The summed E-state index contributed by atoms with van der Waals surface area (Å²) in [4.78, 5) is 0. The van der Waals surface area contributed by atoms with E-state index in [-0.39, 0.29) is 6.61 Å². The molecule has 11 heteroatoms. The molecule has 0 aliphatic carbocycles. The topological polar surface area (TPSA) is 113 Å². The van der Waals surface area contributed by atoms with Gasteiger partial charge in [0.05, 0.1) is 13.2 Å². The first-order chi connectivity index (χ1) is 39.0. The van der Waals surface area contributed by atoms with Gasteiger partial charge in [0.2, 0.25) is 0 Å². The molecule has 2 fully saturated rings. The average Bonchev–Trinajstić information content (AvgIpc) is 3.48. The molecule has 0 saturated carbocycles. The van der Waals surface area contributed by atoms with Gasteiger partial charge in [0.15, 0.2) is 12.6 Å². The van der Waals surface area contributed by atoms with E-state index in [4.69, 9.17) is 47.4 Å². The first-order valence-electron chi connectivity index (χ1n) is 34.9. The first-order valence-corrected chi connectivity index (χ1v) is 34.9. The van der Waals surface area contributed by atoms with Crippen LogP contribution in [0.15, 0.2) is 0 Å². The van der Waals surface area contributed by atoms with Gasteiger partial charge >= 0.3 is 0 Å². The lowest BCUT2D eigenvalue weighted by Gasteiger charge is -2.49. The number of rotatable bonds is 60. The van der Waals surface area contributed by atoms with Gasteiger partial charge < -0.3 is 52.5 Å². The van der Waals surface area contributed by atoms with Crippen molar-refractivity contribution < 1.29 is 52.5 Å². The molecule has 2 aliphatic heterocycles. The van der Waals surface area contributed by atoms with Gasteiger partial charge in [-0.3, -0.25) is 0 Å². The summed E-state index contributed by atoms with van der Waals surface area (Å²) in [5, 5.41) is 12.0. The Hall–Kier alpha value is -0.440. The van der Waals surface area contributed by atoms with Crippen molar-refractivity contribution in [1.29, 1.82) is 0 Å². The van der Waals surface area contributed by atoms with E-state index >= 15 is 0 Å². The molecule has 0 aromatic heterocycles. The number of hydrogen-bond donors (Lipinski definition) is 1. The van der Waals surface area contributed by atoms with Gasteiger partial charge in [0, 0.05) is 46.2 Å². The lowest BCUT2D eigenvalue weighted by molar-refractivity contribution is -0.371. The molecule has 79 heavy (non-hydrogen) atoms. The summed E-state index contributed by atoms with van der Waals surface area (Å²) in [7, 11) is 0. The minimum atomic E-state index is -1.21. The highest BCUT2D eigenvalue weighted by molar-refractivity contribution is 4.97. The van der Waals surface area contributed by atoms with E-state index in [2.05, 4.69) is 48.5 Å². The molecule has 0 aromatic rings. The predicted molar refractivity (Wildman–Crippen MR) is 328 cm³/mol. The third-order valence-corrected chi connectivity index (χ3v) is 16.4. The Morgan fingerprint density at radius 3 is 0.848 bits per heavy atom. The minimum absolute atomic E-state index is 0.250. The summed E-state index contributed by atoms with van der Waals surface area (Å²) in [6.45, 7) is 20.6. The van der Waals surface area contributed by atoms with Crippen LogP contribution in [0, 0.1) is 0 Å². The third kappa shape index (κ3) is 37.6. The first kappa shape index (κ1) is 74.7. The zero-order valence-corrected chi connectivity index (χ0v) is 53.4. The summed E-state index contributed by atoms with van der Waals surface area (Å²) in [5.74, 6) is 0. The van der Waals surface area contributed by atoms with E-state index < -0.39 is 61.4 Å². The smallest absolute Gasteiger partial charge is 0.187 e. The van der Waals surface area contributed by atoms with Gasteiger partial charge in [-0.1, -0.05) is 273 Å². The summed E-state index contributed by atoms with van der Waals surface area (Å²) >= 11 is 0. The molecule has 0 radical (unpaired) electrons. The maximum Gasteiger partial charge on any atom is 0.187 e. The van der Waals surface area contributed by atoms with Crippen molar-refractivity contribution in [2.75, 3.05) is 59.5 Å². The molecular weight excluding hydrogens is 993 g/mol. The molecule has 2 heterocycles. The van der Waals surface area contributed by atoms with Crippen LogP contribution in [0.25, 0.3) is 0 Å². The van der Waals surface area contributed by atoms with Crippen molar-refractivity contribution in [3.05, 3.63) is 0 Å². The van der Waals surface area contributed by atoms with Crippen LogP contribution in [0.3, 0.4) is 0 Å². The Morgan fingerprint density at radius 2 is 0.506 bits per heavy atom. The Labute approximate surface area is 489 Å². The largest absolute Gasteiger partial charge is 0.379 e. The fourth-order valence-corrected chi connectivity index (χ4v) is 11.3. The van der Waals surface area contributed by atoms with Crippen molar-refractivity contribution in [1.82, 2.24) is 0 Å². The highest BCUT2D eigenvalue weighted by atomic mass is 16.8. The minimum Gasteiger partial charge on any atom is -0.379 e. The maximum absolute atomic E-state index is 12.0. The summed E-state index contributed by atoms with van der Waals surface area (Å²) in [5.41, 5.74) is 0. The number of hydrogen-bond acceptors (Lipinski definition) is 11. The van der Waals surface area contributed by atoms with E-state index in [1.807, 2.05) is 0 Å². The summed E-state index contributed by atoms with van der Waals surface area (Å²) < 4.78 is 69.8. The molecule has 2 aliphatic rings. The Balaban J connectivity index is 2.68. The van der Waals surface area contributed by atoms with E-state index in [0.29, 0.717) is 52.9 Å². The van der Waals surface area contributed by atoms with Gasteiger partial charge in [0.25, 0.3) is 0 Å². The SMILES string of the molecule is CCCCCCCCOC[C@H]1O[C@H](O)[C@H](OCCCCCCCC)[C@@H](OCCCCCCCC)[C@@H]1O[C@H]1O[C@H](COCCCCCCCC)[C@@H](OCCCCCCCC)[C@H](OCCCCCCCC)[C@H]1OCCCCCCCC. The molecule has 10 atom stereocenters. The van der Waals surface area contributed by atoms with Gasteiger partial charge in [-0.2, -0.15) is 0 Å². The molecule has 1 N–H and O–H groups in total. The van der Waals surface area contributed by atoms with Crippen LogP contribution >= 0.6 is 0 Å². The van der Waals surface area contributed by atoms with Crippen LogP contribution in [-0.2, 0) is 47.4 Å². The monoisotopic (exact) mass is 1130 g/mol. The number of aliphatic hydroxyl groups is 1. The van der Waals surface area contributed by atoms with Crippen LogP contribution in [0.5, 0.6) is 0 Å². The Kier molecular flexibility index (Phi) is 52.4. The van der Waals surface area contributed by atoms with Crippen LogP contribution in [0.4, 0.5) is 0 Å². The zero-order valence-electron chi connectivity index (χ0n) is 53.4. The Morgan fingerprint density at radius 1 is 0.253 bits per heavy atom. The van der Waals surface area contributed by atoms with Crippen molar-refractivity contribution in [3.8, 4) is 0 Å². The van der Waals surface area contributed by atoms with E-state index in [9.17, 15) is 5.11 Å². The van der Waals surface area contributed by atoms with E-state index in [0.717, 1.165) is 89.9 Å². The zero-order chi connectivity index (χ0) is 56.9. The molecule has 2 rings (SSSR count). The fourth-order valence-electron chi connectivity index (χ4n) is 11.3. The maximum atomic E-state index is 12.0. The molecule has 0 bridgehead atoms. The summed E-state index contributed by atoms with van der Waals surface area (Å²) in [6, 6.07) is 0. The average molecular weight is 1130 g/mol. The van der Waals surface area contributed by atoms with Gasteiger partial charge in [-0.05, 0) is 44.9 Å². The molecule has 11 nitrogen and oxygen atoms in total. The third-order valence-electron chi connectivity index (χ3n) is 16.4. The van der Waals surface area contributed by atoms with Crippen molar-refractivity contribution in [3.63, 3.8) is 0 Å². The molecule has 472 valence electrons. The quantitative estimate of drug-likeness (QED) is 0.0588. The van der Waals surface area contributed by atoms with Crippen LogP contribution < -0.4 is 0 Å². The van der Waals surface area contributed by atoms with Crippen molar-refractivity contribution in [2.24, 2.45) is 0 Å². The highest BCUT2D eigenvalue weighted by Crippen LogP contribution is 2.36. The molecule has 0 aromatic carbocycles.